The third kappa shape index (κ3) is 4.23. The number of nitrogen functional groups attached to an aromatic ring is 1. The Balaban J connectivity index is 1.55. The van der Waals surface area contributed by atoms with Crippen LogP contribution in [0.2, 0.25) is 0 Å². The van der Waals surface area contributed by atoms with Crippen LogP contribution in [0.1, 0.15) is 32.9 Å². The van der Waals surface area contributed by atoms with Crippen molar-refractivity contribution in [2.45, 2.75) is 26.6 Å². The van der Waals surface area contributed by atoms with E-state index in [2.05, 4.69) is 15.1 Å². The summed E-state index contributed by atoms with van der Waals surface area (Å²) in [6.45, 7) is 3.66. The van der Waals surface area contributed by atoms with Crippen molar-refractivity contribution in [1.29, 1.82) is 0 Å². The van der Waals surface area contributed by atoms with Crippen LogP contribution in [0.25, 0.3) is 16.6 Å². The van der Waals surface area contributed by atoms with Crippen molar-refractivity contribution in [2.24, 2.45) is 7.05 Å². The molecule has 184 valence electrons. The summed E-state index contributed by atoms with van der Waals surface area (Å²) in [4.78, 5) is 24.1. The normalized spacial score (nSPS) is 11.9. The second-order valence-electron chi connectivity index (χ2n) is 8.68. The van der Waals surface area contributed by atoms with Crippen LogP contribution in [0, 0.1) is 13.8 Å². The molecule has 1 amide bonds. The Labute approximate surface area is 203 Å². The van der Waals surface area contributed by atoms with Gasteiger partial charge in [0.25, 0.3) is 5.91 Å². The maximum Gasteiger partial charge on any atom is 0.417 e. The van der Waals surface area contributed by atoms with Crippen molar-refractivity contribution in [2.75, 3.05) is 10.6 Å². The zero-order valence-corrected chi connectivity index (χ0v) is 19.7. The van der Waals surface area contributed by atoms with Gasteiger partial charge in [-0.25, -0.2) is 9.97 Å². The van der Waals surface area contributed by atoms with Gasteiger partial charge in [-0.1, -0.05) is 0 Å². The number of benzene rings is 1. The lowest BCUT2D eigenvalue weighted by molar-refractivity contribution is -0.137. The van der Waals surface area contributed by atoms with Gasteiger partial charge in [0.2, 0.25) is 0 Å². The van der Waals surface area contributed by atoms with E-state index in [4.69, 9.17) is 5.73 Å². The standard InChI is InChI=1S/C25H22F3N7O/c1-14-8-17-9-16(4-6-20(17)31-23(14)29)24(36)35(21-13-33(3)32-15(21)2)12-19-11-34-10-18(25(26,27)28)5-7-22(34)30-19/h4-11,13H,12H2,1-3H3,(H2,29,31). The number of aryl methyl sites for hydroxylation is 3. The molecular weight excluding hydrogens is 471 g/mol. The van der Waals surface area contributed by atoms with Gasteiger partial charge in [-0.05, 0) is 55.8 Å². The van der Waals surface area contributed by atoms with E-state index in [9.17, 15) is 18.0 Å². The molecule has 0 saturated carbocycles. The minimum Gasteiger partial charge on any atom is -0.383 e. The summed E-state index contributed by atoms with van der Waals surface area (Å²) in [6, 6.07) is 9.31. The van der Waals surface area contributed by atoms with Crippen LogP contribution < -0.4 is 10.6 Å². The minimum atomic E-state index is -4.47. The molecule has 1 aromatic carbocycles. The van der Waals surface area contributed by atoms with E-state index in [0.717, 1.165) is 23.2 Å². The Morgan fingerprint density at radius 1 is 1.06 bits per heavy atom. The van der Waals surface area contributed by atoms with Gasteiger partial charge in [-0.3, -0.25) is 14.4 Å². The first-order valence-electron chi connectivity index (χ1n) is 11.0. The van der Waals surface area contributed by atoms with E-state index in [0.29, 0.717) is 39.6 Å². The molecule has 0 spiro atoms. The van der Waals surface area contributed by atoms with E-state index in [1.165, 1.54) is 21.6 Å². The van der Waals surface area contributed by atoms with E-state index >= 15 is 0 Å². The number of imidazole rings is 1. The number of rotatable bonds is 4. The average molecular weight is 493 g/mol. The highest BCUT2D eigenvalue weighted by atomic mass is 19.4. The zero-order valence-electron chi connectivity index (χ0n) is 19.7. The Hall–Kier alpha value is -4.41. The number of anilines is 2. The highest BCUT2D eigenvalue weighted by Crippen LogP contribution is 2.30. The molecule has 11 heteroatoms. The van der Waals surface area contributed by atoms with Gasteiger partial charge >= 0.3 is 6.18 Å². The number of nitrogens with zero attached hydrogens (tertiary/aromatic N) is 6. The van der Waals surface area contributed by atoms with Crippen LogP contribution >= 0.6 is 0 Å². The molecule has 8 nitrogen and oxygen atoms in total. The van der Waals surface area contributed by atoms with Crippen LogP contribution in [0.4, 0.5) is 24.7 Å². The molecule has 5 rings (SSSR count). The summed E-state index contributed by atoms with van der Waals surface area (Å²) in [5.74, 6) is 0.116. The van der Waals surface area contributed by atoms with Crippen molar-refractivity contribution in [3.8, 4) is 0 Å². The lowest BCUT2D eigenvalue weighted by Gasteiger charge is -2.21. The molecule has 0 fully saturated rings. The van der Waals surface area contributed by atoms with Gasteiger partial charge in [0.1, 0.15) is 11.5 Å². The first-order chi connectivity index (χ1) is 17.0. The minimum absolute atomic E-state index is 0.0332. The zero-order chi connectivity index (χ0) is 25.8. The molecule has 2 N–H and O–H groups in total. The number of fused-ring (bicyclic) bond motifs is 2. The number of carbonyl (C=O) groups is 1. The lowest BCUT2D eigenvalue weighted by Crippen LogP contribution is -2.31. The van der Waals surface area contributed by atoms with Crippen LogP contribution in [0.3, 0.4) is 0 Å². The van der Waals surface area contributed by atoms with Crippen LogP contribution in [-0.4, -0.2) is 30.1 Å². The van der Waals surface area contributed by atoms with Gasteiger partial charge < -0.3 is 10.1 Å². The molecule has 0 aliphatic carbocycles. The van der Waals surface area contributed by atoms with E-state index < -0.39 is 11.7 Å². The predicted octanol–water partition coefficient (Wildman–Crippen LogP) is 4.68. The van der Waals surface area contributed by atoms with Crippen LogP contribution in [0.15, 0.2) is 55.0 Å². The molecule has 0 aliphatic heterocycles. The monoisotopic (exact) mass is 493 g/mol. The molecule has 0 aliphatic rings. The fourth-order valence-corrected chi connectivity index (χ4v) is 4.15. The number of pyridine rings is 2. The highest BCUT2D eigenvalue weighted by molar-refractivity contribution is 6.08. The number of hydrogen-bond donors (Lipinski definition) is 1. The van der Waals surface area contributed by atoms with E-state index in [1.54, 1.807) is 43.0 Å². The third-order valence-electron chi connectivity index (χ3n) is 5.96. The predicted molar refractivity (Wildman–Crippen MR) is 130 cm³/mol. The summed E-state index contributed by atoms with van der Waals surface area (Å²) < 4.78 is 42.3. The second kappa shape index (κ2) is 8.36. The molecule has 0 unspecified atom stereocenters. The van der Waals surface area contributed by atoms with Crippen LogP contribution in [-0.2, 0) is 19.8 Å². The number of aromatic nitrogens is 5. The first kappa shape index (κ1) is 23.3. The quantitative estimate of drug-likeness (QED) is 0.392. The number of hydrogen-bond acceptors (Lipinski definition) is 5. The largest absolute Gasteiger partial charge is 0.417 e. The Bertz CT molecular complexity index is 1630. The van der Waals surface area contributed by atoms with Crippen molar-refractivity contribution >= 4 is 34.0 Å². The maximum atomic E-state index is 13.8. The first-order valence-corrected chi connectivity index (χ1v) is 11.0. The molecule has 0 saturated heterocycles. The SMILES string of the molecule is Cc1cc2cc(C(=O)N(Cc3cn4cc(C(F)(F)F)ccc4n3)c3cn(C)nc3C)ccc2nc1N. The smallest absolute Gasteiger partial charge is 0.383 e. The molecule has 0 atom stereocenters. The Morgan fingerprint density at radius 2 is 1.83 bits per heavy atom. The van der Waals surface area contributed by atoms with Crippen molar-refractivity contribution in [3.63, 3.8) is 0 Å². The Morgan fingerprint density at radius 3 is 2.53 bits per heavy atom. The van der Waals surface area contributed by atoms with Gasteiger partial charge in [0.05, 0.1) is 34.7 Å². The molecule has 0 bridgehead atoms. The maximum absolute atomic E-state index is 13.8. The molecule has 4 aromatic heterocycles. The van der Waals surface area contributed by atoms with Gasteiger partial charge in [-0.15, -0.1) is 0 Å². The number of alkyl halides is 3. The molecule has 4 heterocycles. The summed E-state index contributed by atoms with van der Waals surface area (Å²) in [5, 5.41) is 5.12. The number of halogens is 3. The molecule has 5 aromatic rings. The van der Waals surface area contributed by atoms with Crippen LogP contribution in [0.5, 0.6) is 0 Å². The third-order valence-corrected chi connectivity index (χ3v) is 5.96. The lowest BCUT2D eigenvalue weighted by atomic mass is 10.1. The molecule has 0 radical (unpaired) electrons. The summed E-state index contributed by atoms with van der Waals surface area (Å²) in [7, 11) is 1.75. The number of carbonyl (C=O) groups excluding carboxylic acids is 1. The van der Waals surface area contributed by atoms with Gasteiger partial charge in [0, 0.05) is 36.6 Å². The molecule has 36 heavy (non-hydrogen) atoms. The van der Waals surface area contributed by atoms with Gasteiger partial charge in [-0.2, -0.15) is 18.3 Å². The van der Waals surface area contributed by atoms with Crippen molar-refractivity contribution in [1.82, 2.24) is 24.1 Å². The van der Waals surface area contributed by atoms with Crippen molar-refractivity contribution < 1.29 is 18.0 Å². The Kier molecular flexibility index (Phi) is 5.42. The summed E-state index contributed by atoms with van der Waals surface area (Å²) in [6.07, 6.45) is -0.273. The summed E-state index contributed by atoms with van der Waals surface area (Å²) >= 11 is 0. The van der Waals surface area contributed by atoms with Gasteiger partial charge in [0.15, 0.2) is 0 Å². The van der Waals surface area contributed by atoms with E-state index in [-0.39, 0.29) is 12.5 Å². The summed E-state index contributed by atoms with van der Waals surface area (Å²) in [5.41, 5.74) is 8.98. The highest BCUT2D eigenvalue weighted by Gasteiger charge is 2.31. The van der Waals surface area contributed by atoms with E-state index in [1.807, 2.05) is 13.0 Å². The van der Waals surface area contributed by atoms with Crippen molar-refractivity contribution in [3.05, 3.63) is 83.1 Å². The number of nitrogens with two attached hydrogens (primary N) is 1. The fraction of sp³-hybridized carbons (Fsp3) is 0.200. The topological polar surface area (TPSA) is 94.3 Å². The second-order valence-corrected chi connectivity index (χ2v) is 8.68. The molecular formula is C25H22F3N7O. The average Bonchev–Trinajstić information content (AvgIpc) is 3.37. The fourth-order valence-electron chi connectivity index (χ4n) is 4.15. The number of amides is 1.